The first kappa shape index (κ1) is 25.9. The fraction of sp³-hybridized carbons (Fsp3) is 0.846. The zero-order chi connectivity index (χ0) is 25.4. The summed E-state index contributed by atoms with van der Waals surface area (Å²) in [6, 6.07) is 0. The molecular weight excluding hydrogens is 456 g/mol. The van der Waals surface area contributed by atoms with E-state index in [0.717, 1.165) is 25.7 Å². The summed E-state index contributed by atoms with van der Waals surface area (Å²) in [7, 11) is 0. The van der Waals surface area contributed by atoms with E-state index in [1.165, 1.54) is 0 Å². The lowest BCUT2D eigenvalue weighted by Gasteiger charge is -2.63. The van der Waals surface area contributed by atoms with E-state index < -0.39 is 23.6 Å². The van der Waals surface area contributed by atoms with Crippen LogP contribution in [0.4, 0.5) is 0 Å². The van der Waals surface area contributed by atoms with Crippen LogP contribution in [0.1, 0.15) is 71.6 Å². The second-order valence-electron chi connectivity index (χ2n) is 11.6. The van der Waals surface area contributed by atoms with E-state index in [4.69, 9.17) is 19.3 Å². The Morgan fingerprint density at radius 2 is 1.69 bits per heavy atom. The van der Waals surface area contributed by atoms with Gasteiger partial charge in [0.1, 0.15) is 18.3 Å². The van der Waals surface area contributed by atoms with Gasteiger partial charge in [0.25, 0.3) is 19.4 Å². The summed E-state index contributed by atoms with van der Waals surface area (Å²) in [6.45, 7) is 5.85. The summed E-state index contributed by atoms with van der Waals surface area (Å²) in [6.07, 6.45) is 3.48. The molecule has 4 aliphatic rings. The first-order chi connectivity index (χ1) is 16.7. The SMILES string of the molecule is C[C@]12CC[C@@H](OC=O)C[C@H]1C[C@@H](OC=O)[C@@H]1[C@@H]2C[C@H](OC=O)[C@]2(C)[C@@H]([C@H](O)CCC(=O)O)CC[C@@H]12. The highest BCUT2D eigenvalue weighted by atomic mass is 16.5. The minimum Gasteiger partial charge on any atom is -0.481 e. The lowest BCUT2D eigenvalue weighted by atomic mass is 9.43. The van der Waals surface area contributed by atoms with Crippen molar-refractivity contribution in [3.05, 3.63) is 0 Å². The number of aliphatic hydroxyl groups is 1. The van der Waals surface area contributed by atoms with Gasteiger partial charge in [-0.25, -0.2) is 0 Å². The van der Waals surface area contributed by atoms with E-state index in [0.29, 0.717) is 38.7 Å². The maximum absolute atomic E-state index is 11.6. The molecule has 0 aromatic heterocycles. The average Bonchev–Trinajstić information content (AvgIpc) is 3.17. The van der Waals surface area contributed by atoms with Crippen molar-refractivity contribution in [1.29, 1.82) is 0 Å². The van der Waals surface area contributed by atoms with Crippen molar-refractivity contribution in [3.8, 4) is 0 Å². The summed E-state index contributed by atoms with van der Waals surface area (Å²) in [5, 5.41) is 20.2. The lowest BCUT2D eigenvalue weighted by Crippen LogP contribution is -2.63. The summed E-state index contributed by atoms with van der Waals surface area (Å²) in [5.41, 5.74) is -0.631. The van der Waals surface area contributed by atoms with Crippen molar-refractivity contribution >= 4 is 25.4 Å². The Kier molecular flexibility index (Phi) is 7.46. The molecular formula is C26H38O9. The van der Waals surface area contributed by atoms with Crippen molar-refractivity contribution < 1.29 is 43.6 Å². The fourth-order valence-corrected chi connectivity index (χ4v) is 8.93. The van der Waals surface area contributed by atoms with Gasteiger partial charge in [0.2, 0.25) is 0 Å². The van der Waals surface area contributed by atoms with Crippen LogP contribution < -0.4 is 0 Å². The van der Waals surface area contributed by atoms with Gasteiger partial charge in [0.15, 0.2) is 0 Å². The van der Waals surface area contributed by atoms with Crippen LogP contribution in [0.3, 0.4) is 0 Å². The Bertz CT molecular complexity index is 817. The lowest BCUT2D eigenvalue weighted by molar-refractivity contribution is -0.220. The van der Waals surface area contributed by atoms with Crippen LogP contribution in [0, 0.1) is 40.4 Å². The van der Waals surface area contributed by atoms with E-state index in [1.807, 2.05) is 0 Å². The van der Waals surface area contributed by atoms with Crippen LogP contribution in [0.5, 0.6) is 0 Å². The number of hydrogen-bond donors (Lipinski definition) is 2. The third kappa shape index (κ3) is 4.34. The topological polar surface area (TPSA) is 136 Å². The van der Waals surface area contributed by atoms with Gasteiger partial charge in [0.05, 0.1) is 6.10 Å². The second-order valence-corrected chi connectivity index (χ2v) is 11.6. The number of hydrogen-bond acceptors (Lipinski definition) is 8. The summed E-state index contributed by atoms with van der Waals surface area (Å²) >= 11 is 0. The molecule has 0 aliphatic heterocycles. The monoisotopic (exact) mass is 494 g/mol. The number of carbonyl (C=O) groups is 4. The largest absolute Gasteiger partial charge is 0.481 e. The van der Waals surface area contributed by atoms with Crippen molar-refractivity contribution in [2.45, 2.75) is 96.1 Å². The van der Waals surface area contributed by atoms with Gasteiger partial charge in [-0.2, -0.15) is 0 Å². The van der Waals surface area contributed by atoms with E-state index in [1.54, 1.807) is 0 Å². The third-order valence-electron chi connectivity index (χ3n) is 10.6. The molecule has 0 heterocycles. The van der Waals surface area contributed by atoms with Crippen LogP contribution in [0.2, 0.25) is 0 Å². The predicted molar refractivity (Wildman–Crippen MR) is 122 cm³/mol. The fourth-order valence-electron chi connectivity index (χ4n) is 8.93. The summed E-state index contributed by atoms with van der Waals surface area (Å²) in [5.74, 6) is -0.710. The van der Waals surface area contributed by atoms with Gasteiger partial charge in [0, 0.05) is 17.8 Å². The van der Waals surface area contributed by atoms with Gasteiger partial charge in [-0.05, 0) is 80.5 Å². The molecule has 35 heavy (non-hydrogen) atoms. The van der Waals surface area contributed by atoms with Crippen LogP contribution >= 0.6 is 0 Å². The number of ether oxygens (including phenoxy) is 3. The number of aliphatic hydroxyl groups excluding tert-OH is 1. The van der Waals surface area contributed by atoms with Crippen molar-refractivity contribution in [1.82, 2.24) is 0 Å². The Balaban J connectivity index is 1.68. The molecule has 0 radical (unpaired) electrons. The van der Waals surface area contributed by atoms with Crippen LogP contribution in [0.15, 0.2) is 0 Å². The Morgan fingerprint density at radius 3 is 2.34 bits per heavy atom. The van der Waals surface area contributed by atoms with Crippen molar-refractivity contribution in [2.75, 3.05) is 0 Å². The van der Waals surface area contributed by atoms with E-state index >= 15 is 0 Å². The molecule has 4 aliphatic carbocycles. The molecule has 4 rings (SSSR count). The number of carboxylic acid groups (broad SMARTS) is 1. The maximum Gasteiger partial charge on any atom is 0.303 e. The molecule has 0 aromatic carbocycles. The first-order valence-electron chi connectivity index (χ1n) is 12.9. The predicted octanol–water partition coefficient (Wildman–Crippen LogP) is 2.72. The molecule has 0 amide bonds. The highest BCUT2D eigenvalue weighted by Gasteiger charge is 2.67. The molecule has 0 unspecified atom stereocenters. The maximum atomic E-state index is 11.6. The number of carboxylic acids is 1. The van der Waals surface area contributed by atoms with Gasteiger partial charge in [-0.15, -0.1) is 0 Å². The quantitative estimate of drug-likeness (QED) is 0.347. The standard InChI is InChI=1S/C26H38O9/c1-25-8-7-16(33-12-27)9-15(25)10-21(34-13-28)24-18-4-3-17(20(30)5-6-23(31)32)26(18,2)22(35-14-29)11-19(24)25/h12-22,24,30H,3-11H2,1-2H3,(H,31,32)/t15-,16+,17+,18-,19-,20+,21+,22-,24-,25-,26+/m0/s1. The molecule has 196 valence electrons. The molecule has 4 saturated carbocycles. The summed E-state index contributed by atoms with van der Waals surface area (Å²) in [4.78, 5) is 45.3. The Labute approximate surface area is 205 Å². The second kappa shape index (κ2) is 10.1. The molecule has 2 N–H and O–H groups in total. The number of rotatable bonds is 10. The Hall–Kier alpha value is -2.16. The molecule has 4 fully saturated rings. The van der Waals surface area contributed by atoms with Crippen molar-refractivity contribution in [2.24, 2.45) is 40.4 Å². The highest BCUT2D eigenvalue weighted by Crippen LogP contribution is 2.68. The minimum absolute atomic E-state index is 0.0539. The van der Waals surface area contributed by atoms with Crippen LogP contribution in [0.25, 0.3) is 0 Å². The van der Waals surface area contributed by atoms with E-state index in [-0.39, 0.29) is 60.1 Å². The van der Waals surface area contributed by atoms with Gasteiger partial charge in [-0.3, -0.25) is 19.2 Å². The van der Waals surface area contributed by atoms with E-state index in [2.05, 4.69) is 13.8 Å². The third-order valence-corrected chi connectivity index (χ3v) is 10.6. The smallest absolute Gasteiger partial charge is 0.303 e. The van der Waals surface area contributed by atoms with Gasteiger partial charge in [-0.1, -0.05) is 13.8 Å². The Morgan fingerprint density at radius 1 is 0.971 bits per heavy atom. The number of carbonyl (C=O) groups excluding carboxylic acids is 3. The van der Waals surface area contributed by atoms with Crippen molar-refractivity contribution in [3.63, 3.8) is 0 Å². The molecule has 11 atom stereocenters. The summed E-state index contributed by atoms with van der Waals surface area (Å²) < 4.78 is 16.8. The average molecular weight is 495 g/mol. The molecule has 9 nitrogen and oxygen atoms in total. The van der Waals surface area contributed by atoms with Gasteiger partial charge < -0.3 is 24.4 Å². The minimum atomic E-state index is -0.951. The highest BCUT2D eigenvalue weighted by molar-refractivity contribution is 5.66. The normalized spacial score (nSPS) is 45.1. The zero-order valence-corrected chi connectivity index (χ0v) is 20.5. The van der Waals surface area contributed by atoms with E-state index in [9.17, 15) is 24.3 Å². The molecule has 0 spiro atoms. The molecule has 0 aromatic rings. The van der Waals surface area contributed by atoms with Crippen LogP contribution in [-0.4, -0.2) is 60.0 Å². The number of fused-ring (bicyclic) bond motifs is 5. The van der Waals surface area contributed by atoms with Crippen LogP contribution in [-0.2, 0) is 33.4 Å². The molecule has 9 heteroatoms. The molecule has 0 bridgehead atoms. The molecule has 0 saturated heterocycles. The van der Waals surface area contributed by atoms with Gasteiger partial charge >= 0.3 is 5.97 Å². The number of aliphatic carboxylic acids is 1. The zero-order valence-electron chi connectivity index (χ0n) is 20.5. The first-order valence-corrected chi connectivity index (χ1v) is 12.9.